The van der Waals surface area contributed by atoms with Crippen molar-refractivity contribution in [2.24, 2.45) is 0 Å². The Morgan fingerprint density at radius 2 is 1.71 bits per heavy atom. The molecule has 4 rings (SSSR count). The van der Waals surface area contributed by atoms with Crippen molar-refractivity contribution in [2.45, 2.75) is 32.6 Å². The fraction of sp³-hybridized carbons (Fsp3) is 0.318. The van der Waals surface area contributed by atoms with Crippen molar-refractivity contribution in [3.05, 3.63) is 53.4 Å². The molecule has 0 spiro atoms. The summed E-state index contributed by atoms with van der Waals surface area (Å²) in [5, 5.41) is 9.21. The molecule has 1 fully saturated rings. The van der Waals surface area contributed by atoms with Crippen LogP contribution in [0.2, 0.25) is 0 Å². The van der Waals surface area contributed by atoms with Crippen molar-refractivity contribution in [2.75, 3.05) is 16.2 Å². The largest absolute Gasteiger partial charge is 0.433 e. The van der Waals surface area contributed by atoms with Crippen molar-refractivity contribution in [3.8, 4) is 29.0 Å². The molecule has 3 aromatic heterocycles. The van der Waals surface area contributed by atoms with Gasteiger partial charge in [-0.2, -0.15) is 8.97 Å². The van der Waals surface area contributed by atoms with Gasteiger partial charge in [0.25, 0.3) is 0 Å². The SMILES string of the molecule is Cc1nc(C)c(Oc2nc(-c3cncc(C#N)c3)ccc2N(S(C)(=O)=O)S(C)(=O)=O)c(C2CC2)n1. The van der Waals surface area contributed by atoms with Crippen LogP contribution in [0, 0.1) is 25.2 Å². The lowest BCUT2D eigenvalue weighted by molar-refractivity contribution is 0.447. The Morgan fingerprint density at radius 1 is 1.03 bits per heavy atom. The first-order valence-corrected chi connectivity index (χ1v) is 14.2. The van der Waals surface area contributed by atoms with E-state index in [1.807, 2.05) is 6.07 Å². The van der Waals surface area contributed by atoms with Crippen LogP contribution in [-0.4, -0.2) is 49.3 Å². The molecule has 182 valence electrons. The van der Waals surface area contributed by atoms with Gasteiger partial charge in [0.05, 0.1) is 35.2 Å². The predicted octanol–water partition coefficient (Wildman–Crippen LogP) is 2.82. The normalized spacial score (nSPS) is 13.8. The molecule has 0 N–H and O–H groups in total. The monoisotopic (exact) mass is 514 g/mol. The molecule has 13 heteroatoms. The average molecular weight is 515 g/mol. The molecule has 0 bridgehead atoms. The van der Waals surface area contributed by atoms with E-state index in [4.69, 9.17) is 4.74 Å². The second kappa shape index (κ2) is 8.86. The lowest BCUT2D eigenvalue weighted by atomic mass is 10.1. The Morgan fingerprint density at radius 3 is 2.31 bits per heavy atom. The molecule has 0 radical (unpaired) electrons. The molecular formula is C22H22N6O5S2. The van der Waals surface area contributed by atoms with Crippen LogP contribution in [0.15, 0.2) is 30.6 Å². The lowest BCUT2D eigenvalue weighted by Crippen LogP contribution is -2.35. The lowest BCUT2D eigenvalue weighted by Gasteiger charge is -2.23. The van der Waals surface area contributed by atoms with Crippen LogP contribution in [0.1, 0.15) is 41.5 Å². The van der Waals surface area contributed by atoms with Crippen molar-refractivity contribution in [3.63, 3.8) is 0 Å². The van der Waals surface area contributed by atoms with Crippen LogP contribution < -0.4 is 8.45 Å². The maximum absolute atomic E-state index is 12.5. The third-order valence-corrected chi connectivity index (χ3v) is 8.36. The molecule has 0 aliphatic heterocycles. The molecule has 11 nitrogen and oxygen atoms in total. The molecule has 1 saturated carbocycles. The third kappa shape index (κ3) is 5.23. The number of aryl methyl sites for hydroxylation is 2. The van der Waals surface area contributed by atoms with Crippen LogP contribution in [-0.2, 0) is 20.0 Å². The molecule has 3 aromatic rings. The van der Waals surface area contributed by atoms with Crippen molar-refractivity contribution < 1.29 is 21.6 Å². The van der Waals surface area contributed by atoms with Gasteiger partial charge in [0.2, 0.25) is 25.9 Å². The highest BCUT2D eigenvalue weighted by Gasteiger charge is 2.34. The number of nitriles is 1. The maximum atomic E-state index is 12.5. The summed E-state index contributed by atoms with van der Waals surface area (Å²) in [6.45, 7) is 3.49. The summed E-state index contributed by atoms with van der Waals surface area (Å²) < 4.78 is 56.4. The van der Waals surface area contributed by atoms with Gasteiger partial charge in [0, 0.05) is 23.9 Å². The summed E-state index contributed by atoms with van der Waals surface area (Å²) in [5.74, 6) is 0.759. The standard InChI is InChI=1S/C22H22N6O5S2/c1-13-21(20(16-5-6-16)26-14(2)25-13)33-22-19(28(34(3,29)30)35(4,31)32)8-7-18(27-22)17-9-15(10-23)11-24-12-17/h7-9,11-12,16H,5-6H2,1-4H3. The van der Waals surface area contributed by atoms with E-state index in [-0.39, 0.29) is 21.2 Å². The van der Waals surface area contributed by atoms with E-state index in [0.717, 1.165) is 25.4 Å². The number of hydrogen-bond acceptors (Lipinski definition) is 10. The van der Waals surface area contributed by atoms with Gasteiger partial charge in [0.1, 0.15) is 17.6 Å². The van der Waals surface area contributed by atoms with E-state index in [1.165, 1.54) is 24.5 Å². The second-order valence-corrected chi connectivity index (χ2v) is 12.2. The van der Waals surface area contributed by atoms with Crippen LogP contribution in [0.5, 0.6) is 11.6 Å². The summed E-state index contributed by atoms with van der Waals surface area (Å²) in [5.41, 5.74) is 1.94. The zero-order chi connectivity index (χ0) is 25.5. The third-order valence-electron chi connectivity index (χ3n) is 5.14. The molecule has 0 saturated heterocycles. The van der Waals surface area contributed by atoms with Crippen LogP contribution in [0.4, 0.5) is 5.69 Å². The summed E-state index contributed by atoms with van der Waals surface area (Å²) in [6, 6.07) is 6.28. The number of ether oxygens (including phenoxy) is 1. The van der Waals surface area contributed by atoms with Gasteiger partial charge < -0.3 is 4.74 Å². The number of aromatic nitrogens is 4. The summed E-state index contributed by atoms with van der Waals surface area (Å²) >= 11 is 0. The van der Waals surface area contributed by atoms with E-state index in [1.54, 1.807) is 19.9 Å². The van der Waals surface area contributed by atoms with Crippen molar-refractivity contribution in [1.82, 2.24) is 19.9 Å². The summed E-state index contributed by atoms with van der Waals surface area (Å²) in [4.78, 5) is 17.3. The first-order chi connectivity index (χ1) is 16.4. The number of nitrogens with zero attached hydrogens (tertiary/aromatic N) is 6. The topological polar surface area (TPSA) is 156 Å². The molecule has 0 unspecified atom stereocenters. The van der Waals surface area contributed by atoms with Crippen LogP contribution in [0.25, 0.3) is 11.3 Å². The Bertz CT molecular complexity index is 1550. The number of hydrogen-bond donors (Lipinski definition) is 0. The minimum atomic E-state index is -4.27. The Labute approximate surface area is 203 Å². The fourth-order valence-corrected chi connectivity index (χ4v) is 6.60. The van der Waals surface area contributed by atoms with Gasteiger partial charge >= 0.3 is 0 Å². The molecule has 35 heavy (non-hydrogen) atoms. The van der Waals surface area contributed by atoms with E-state index < -0.39 is 20.0 Å². The zero-order valence-corrected chi connectivity index (χ0v) is 21.1. The molecule has 1 aliphatic rings. The van der Waals surface area contributed by atoms with E-state index in [2.05, 4.69) is 19.9 Å². The van der Waals surface area contributed by atoms with Crippen molar-refractivity contribution in [1.29, 1.82) is 5.26 Å². The van der Waals surface area contributed by atoms with Crippen molar-refractivity contribution >= 4 is 25.7 Å². The predicted molar refractivity (Wildman–Crippen MR) is 128 cm³/mol. The van der Waals surface area contributed by atoms with Gasteiger partial charge in [-0.25, -0.2) is 31.8 Å². The zero-order valence-electron chi connectivity index (χ0n) is 19.4. The highest BCUT2D eigenvalue weighted by Crippen LogP contribution is 2.46. The molecule has 3 heterocycles. The summed E-state index contributed by atoms with van der Waals surface area (Å²) in [7, 11) is -8.54. The summed E-state index contributed by atoms with van der Waals surface area (Å²) in [6.07, 6.45) is 6.26. The van der Waals surface area contributed by atoms with Gasteiger partial charge in [0.15, 0.2) is 5.75 Å². The van der Waals surface area contributed by atoms with E-state index in [0.29, 0.717) is 39.8 Å². The number of pyridine rings is 2. The minimum absolute atomic E-state index is 0.162. The van der Waals surface area contributed by atoms with Gasteiger partial charge in [-0.3, -0.25) is 4.98 Å². The minimum Gasteiger partial charge on any atom is -0.433 e. The van der Waals surface area contributed by atoms with Gasteiger partial charge in [-0.1, -0.05) is 0 Å². The molecule has 0 amide bonds. The Balaban J connectivity index is 1.95. The first-order valence-electron chi connectivity index (χ1n) is 10.5. The maximum Gasteiger partial charge on any atom is 0.246 e. The molecule has 0 aromatic carbocycles. The second-order valence-electron chi connectivity index (χ2n) is 8.26. The highest BCUT2D eigenvalue weighted by molar-refractivity contribution is 8.09. The van der Waals surface area contributed by atoms with E-state index >= 15 is 0 Å². The molecular weight excluding hydrogens is 492 g/mol. The quantitative estimate of drug-likeness (QED) is 0.459. The fourth-order valence-electron chi connectivity index (χ4n) is 3.64. The average Bonchev–Trinajstić information content (AvgIpc) is 3.60. The Kier molecular flexibility index (Phi) is 6.20. The van der Waals surface area contributed by atoms with Gasteiger partial charge in [-0.15, -0.1) is 0 Å². The molecule has 0 atom stereocenters. The van der Waals surface area contributed by atoms with Crippen LogP contribution >= 0.6 is 0 Å². The highest BCUT2D eigenvalue weighted by atomic mass is 32.3. The number of sulfonamides is 2. The Hall–Kier alpha value is -3.63. The first kappa shape index (κ1) is 24.5. The smallest absolute Gasteiger partial charge is 0.246 e. The number of anilines is 1. The molecule has 1 aliphatic carbocycles. The van der Waals surface area contributed by atoms with Crippen LogP contribution in [0.3, 0.4) is 0 Å². The van der Waals surface area contributed by atoms with E-state index in [9.17, 15) is 22.1 Å². The number of rotatable bonds is 7. The van der Waals surface area contributed by atoms with Gasteiger partial charge in [-0.05, 0) is 44.9 Å².